The maximum absolute atomic E-state index is 15.3. The number of hydrogen-bond donors (Lipinski definition) is 2. The van der Waals surface area contributed by atoms with Gasteiger partial charge in [-0.3, -0.25) is 14.7 Å². The molecule has 3 amide bonds. The molecule has 296 valence electrons. The molecule has 13 nitrogen and oxygen atoms in total. The van der Waals surface area contributed by atoms with Crippen LogP contribution in [0.15, 0.2) is 60.0 Å². The minimum Gasteiger partial charge on any atom is -0.447 e. The number of nitrogens with one attached hydrogen (secondary N) is 2. The molecule has 1 aromatic heterocycles. The van der Waals surface area contributed by atoms with E-state index in [1.165, 1.54) is 17.0 Å². The molecular formula is C35H36F7N7O6. The molecule has 1 saturated heterocycles. The molecular weight excluding hydrogens is 747 g/mol. The standard InChI is InChI=1S/C35H36F7N7O6/c1-34(2,3)55-33(52)49-15-25(53-16-24(49)17-54-32(51)45-18-35(40,41)42)8-9-26-27(39)13-44-14-28(26)46-31(50)30(47-48-43)29(19-4-6-21(36)7-5-19)20-10-22(37)12-23(38)11-20/h4-7,10-14,24-25,29-30H,8-9,15-18H2,1-3H3,(H,45,51)(H,46,50)/t24-,25-,29+,30+/m1/s1. The van der Waals surface area contributed by atoms with Crippen molar-refractivity contribution in [2.24, 2.45) is 5.11 Å². The van der Waals surface area contributed by atoms with Gasteiger partial charge in [-0.1, -0.05) is 17.2 Å². The lowest BCUT2D eigenvalue weighted by molar-refractivity contribution is -0.124. The largest absolute Gasteiger partial charge is 0.447 e. The number of nitrogens with zero attached hydrogens (tertiary/aromatic N) is 5. The predicted molar refractivity (Wildman–Crippen MR) is 181 cm³/mol. The number of pyridine rings is 1. The molecule has 0 unspecified atom stereocenters. The molecule has 0 bridgehead atoms. The summed E-state index contributed by atoms with van der Waals surface area (Å²) < 4.78 is 112. The fourth-order valence-corrected chi connectivity index (χ4v) is 5.65. The average molecular weight is 784 g/mol. The SMILES string of the molecule is CC(C)(C)OC(=O)N1C[C@@H](CCc2c(F)cncc2NC(=O)[C@@H](N=[N+]=[N-])[C@@H](c2ccc(F)cc2)c2cc(F)cc(F)c2)OC[C@@H]1COC(=O)NCC(F)(F)F. The number of carbonyl (C=O) groups excluding carboxylic acids is 3. The summed E-state index contributed by atoms with van der Waals surface area (Å²) in [6, 6.07) is 4.30. The van der Waals surface area contributed by atoms with Gasteiger partial charge >= 0.3 is 18.4 Å². The summed E-state index contributed by atoms with van der Waals surface area (Å²) in [5.74, 6) is -5.89. The smallest absolute Gasteiger partial charge is 0.410 e. The summed E-state index contributed by atoms with van der Waals surface area (Å²) >= 11 is 0. The Balaban J connectivity index is 1.53. The highest BCUT2D eigenvalue weighted by atomic mass is 19.4. The number of morpholine rings is 1. The van der Waals surface area contributed by atoms with Crippen LogP contribution in [-0.4, -0.2) is 84.2 Å². The van der Waals surface area contributed by atoms with Gasteiger partial charge in [-0.2, -0.15) is 13.2 Å². The number of halogens is 7. The highest BCUT2D eigenvalue weighted by molar-refractivity contribution is 5.96. The van der Waals surface area contributed by atoms with E-state index >= 15 is 4.39 Å². The first-order valence-corrected chi connectivity index (χ1v) is 16.6. The summed E-state index contributed by atoms with van der Waals surface area (Å²) in [4.78, 5) is 46.5. The second-order valence-corrected chi connectivity index (χ2v) is 13.4. The molecule has 1 aliphatic rings. The van der Waals surface area contributed by atoms with Gasteiger partial charge in [0.1, 0.15) is 48.1 Å². The van der Waals surface area contributed by atoms with Crippen molar-refractivity contribution in [3.05, 3.63) is 105 Å². The number of amides is 3. The quantitative estimate of drug-likeness (QED) is 0.0840. The maximum Gasteiger partial charge on any atom is 0.410 e. The first kappa shape index (κ1) is 42.1. The Morgan fingerprint density at radius 2 is 1.69 bits per heavy atom. The van der Waals surface area contributed by atoms with Crippen LogP contribution in [0.4, 0.5) is 46.0 Å². The van der Waals surface area contributed by atoms with E-state index in [0.29, 0.717) is 6.07 Å². The second kappa shape index (κ2) is 18.1. The van der Waals surface area contributed by atoms with Gasteiger partial charge in [0.2, 0.25) is 5.91 Å². The molecule has 0 spiro atoms. The summed E-state index contributed by atoms with van der Waals surface area (Å²) in [6.07, 6.45) is -5.82. The number of aromatic nitrogens is 1. The van der Waals surface area contributed by atoms with Gasteiger partial charge in [-0.15, -0.1) is 0 Å². The van der Waals surface area contributed by atoms with E-state index in [2.05, 4.69) is 20.3 Å². The van der Waals surface area contributed by atoms with Crippen LogP contribution in [0.25, 0.3) is 10.4 Å². The molecule has 2 N–H and O–H groups in total. The molecule has 0 saturated carbocycles. The molecule has 0 radical (unpaired) electrons. The van der Waals surface area contributed by atoms with Crippen LogP contribution in [0.5, 0.6) is 0 Å². The second-order valence-electron chi connectivity index (χ2n) is 13.4. The van der Waals surface area contributed by atoms with Gasteiger partial charge in [-0.25, -0.2) is 27.2 Å². The van der Waals surface area contributed by atoms with E-state index in [1.54, 1.807) is 26.1 Å². The van der Waals surface area contributed by atoms with Crippen LogP contribution in [0.1, 0.15) is 49.8 Å². The zero-order valence-corrected chi connectivity index (χ0v) is 29.6. The third kappa shape index (κ3) is 12.5. The topological polar surface area (TPSA) is 168 Å². The zero-order chi connectivity index (χ0) is 40.5. The van der Waals surface area contributed by atoms with Crippen molar-refractivity contribution >= 4 is 23.8 Å². The molecule has 55 heavy (non-hydrogen) atoms. The fourth-order valence-electron chi connectivity index (χ4n) is 5.65. The monoisotopic (exact) mass is 783 g/mol. The van der Waals surface area contributed by atoms with Crippen LogP contribution in [0, 0.1) is 23.3 Å². The van der Waals surface area contributed by atoms with Crippen LogP contribution < -0.4 is 10.6 Å². The summed E-state index contributed by atoms with van der Waals surface area (Å²) in [6.45, 7) is 2.20. The molecule has 3 aromatic rings. The van der Waals surface area contributed by atoms with Gasteiger partial charge in [0.15, 0.2) is 0 Å². The Bertz CT molecular complexity index is 1870. The number of hydrogen-bond acceptors (Lipinski definition) is 8. The summed E-state index contributed by atoms with van der Waals surface area (Å²) in [5, 5.41) is 7.62. The van der Waals surface area contributed by atoms with Gasteiger partial charge < -0.3 is 24.8 Å². The number of azide groups is 1. The lowest BCUT2D eigenvalue weighted by atomic mass is 9.84. The fraction of sp³-hybridized carbons (Fsp3) is 0.429. The van der Waals surface area contributed by atoms with Crippen LogP contribution in [-0.2, 0) is 25.4 Å². The highest BCUT2D eigenvalue weighted by Gasteiger charge is 2.37. The van der Waals surface area contributed by atoms with E-state index in [0.717, 1.165) is 36.7 Å². The van der Waals surface area contributed by atoms with Crippen molar-refractivity contribution in [1.29, 1.82) is 0 Å². The lowest BCUT2D eigenvalue weighted by Crippen LogP contribution is -2.55. The molecule has 2 heterocycles. The number of anilines is 1. The number of alkyl halides is 3. The predicted octanol–water partition coefficient (Wildman–Crippen LogP) is 7.31. The van der Waals surface area contributed by atoms with Crippen molar-refractivity contribution in [2.75, 3.05) is 31.6 Å². The van der Waals surface area contributed by atoms with E-state index in [4.69, 9.17) is 14.2 Å². The van der Waals surface area contributed by atoms with E-state index < -0.39 is 90.4 Å². The van der Waals surface area contributed by atoms with Gasteiger partial charge in [0, 0.05) is 22.5 Å². The van der Waals surface area contributed by atoms with E-state index in [9.17, 15) is 46.3 Å². The third-order valence-electron chi connectivity index (χ3n) is 8.05. The maximum atomic E-state index is 15.3. The van der Waals surface area contributed by atoms with Crippen LogP contribution in [0.3, 0.4) is 0 Å². The van der Waals surface area contributed by atoms with E-state index in [-0.39, 0.29) is 48.4 Å². The van der Waals surface area contributed by atoms with Crippen LogP contribution in [0.2, 0.25) is 0 Å². The van der Waals surface area contributed by atoms with Gasteiger partial charge in [0.05, 0.1) is 43.4 Å². The summed E-state index contributed by atoms with van der Waals surface area (Å²) in [5.41, 5.74) is 8.24. The Hall–Kier alpha value is -5.62. The van der Waals surface area contributed by atoms with Crippen molar-refractivity contribution in [1.82, 2.24) is 15.2 Å². The Morgan fingerprint density at radius 3 is 2.31 bits per heavy atom. The van der Waals surface area contributed by atoms with E-state index in [1.807, 2.05) is 0 Å². The molecule has 2 aromatic carbocycles. The number of benzene rings is 2. The molecule has 0 aliphatic carbocycles. The van der Waals surface area contributed by atoms with Crippen molar-refractivity contribution in [2.45, 2.75) is 69.5 Å². The number of alkyl carbamates (subject to hydrolysis) is 1. The zero-order valence-electron chi connectivity index (χ0n) is 29.6. The molecule has 1 fully saturated rings. The minimum atomic E-state index is -4.68. The first-order chi connectivity index (χ1) is 25.8. The lowest BCUT2D eigenvalue weighted by Gasteiger charge is -2.39. The minimum absolute atomic E-state index is 0.0172. The van der Waals surface area contributed by atoms with Crippen molar-refractivity contribution < 1.29 is 59.3 Å². The number of carbonyl (C=O) groups is 3. The number of ether oxygens (including phenoxy) is 3. The Labute approximate surface area is 309 Å². The molecule has 1 aliphatic heterocycles. The average Bonchev–Trinajstić information content (AvgIpc) is 3.09. The van der Waals surface area contributed by atoms with Crippen molar-refractivity contribution in [3.8, 4) is 0 Å². The molecule has 20 heteroatoms. The Morgan fingerprint density at radius 1 is 1.02 bits per heavy atom. The number of rotatable bonds is 12. The normalized spacial score (nSPS) is 17.0. The summed E-state index contributed by atoms with van der Waals surface area (Å²) in [7, 11) is 0. The first-order valence-electron chi connectivity index (χ1n) is 16.6. The highest BCUT2D eigenvalue weighted by Crippen LogP contribution is 2.33. The van der Waals surface area contributed by atoms with Gasteiger partial charge in [-0.05, 0) is 74.5 Å². The molecule has 4 atom stereocenters. The molecule has 4 rings (SSSR count). The Kier molecular flexibility index (Phi) is 13.9. The van der Waals surface area contributed by atoms with Crippen LogP contribution >= 0.6 is 0 Å². The van der Waals surface area contributed by atoms with Crippen molar-refractivity contribution in [3.63, 3.8) is 0 Å². The van der Waals surface area contributed by atoms with Gasteiger partial charge in [0.25, 0.3) is 0 Å². The third-order valence-corrected chi connectivity index (χ3v) is 8.05.